The lowest BCUT2D eigenvalue weighted by atomic mass is 10.2. The van der Waals surface area contributed by atoms with Crippen molar-refractivity contribution in [3.05, 3.63) is 29.8 Å². The molecule has 0 fully saturated rings. The lowest BCUT2D eigenvalue weighted by Gasteiger charge is -2.05. The Hall–Kier alpha value is -2.28. The van der Waals surface area contributed by atoms with Gasteiger partial charge in [0, 0.05) is 0 Å². The third-order valence-electron chi connectivity index (χ3n) is 2.31. The number of hydrogen-bond acceptors (Lipinski definition) is 7. The molecule has 0 bridgehead atoms. The highest BCUT2D eigenvalue weighted by molar-refractivity contribution is 5.89. The Kier molecular flexibility index (Phi) is 7.67. The molecule has 0 amide bonds. The van der Waals surface area contributed by atoms with Gasteiger partial charge >= 0.3 is 12.1 Å². The molecule has 1 aromatic carbocycles. The lowest BCUT2D eigenvalue weighted by Crippen LogP contribution is -2.12. The first kappa shape index (κ1) is 16.8. The summed E-state index contributed by atoms with van der Waals surface area (Å²) in [5, 5.41) is 4.08. The van der Waals surface area contributed by atoms with Crippen LogP contribution in [-0.4, -0.2) is 25.3 Å². The Morgan fingerprint density at radius 3 is 2.67 bits per heavy atom. The van der Waals surface area contributed by atoms with Crippen LogP contribution >= 0.6 is 0 Å². The van der Waals surface area contributed by atoms with E-state index in [9.17, 15) is 9.59 Å². The number of unbranched alkanes of at least 4 members (excludes halogenated alkanes) is 1. The van der Waals surface area contributed by atoms with Crippen LogP contribution < -0.4 is 4.74 Å². The predicted octanol–water partition coefficient (Wildman–Crippen LogP) is 3.04. The average Bonchev–Trinajstić information content (AvgIpc) is 2.48. The number of rotatable bonds is 8. The van der Waals surface area contributed by atoms with Gasteiger partial charge in [-0.15, -0.1) is 0 Å². The van der Waals surface area contributed by atoms with Gasteiger partial charge in [0.05, 0.1) is 23.8 Å². The van der Waals surface area contributed by atoms with Gasteiger partial charge in [-0.2, -0.15) is 0 Å². The Morgan fingerprint density at radius 1 is 1.14 bits per heavy atom. The fraction of sp³-hybridized carbons (Fsp3) is 0.429. The third kappa shape index (κ3) is 6.62. The van der Waals surface area contributed by atoms with Crippen LogP contribution in [0.15, 0.2) is 24.3 Å². The first-order chi connectivity index (χ1) is 10.2. The molecule has 0 heterocycles. The zero-order chi connectivity index (χ0) is 15.5. The van der Waals surface area contributed by atoms with Gasteiger partial charge in [0.25, 0.3) is 0 Å². The summed E-state index contributed by atoms with van der Waals surface area (Å²) >= 11 is 0. The van der Waals surface area contributed by atoms with Crippen molar-refractivity contribution in [2.24, 2.45) is 0 Å². The average molecular weight is 298 g/mol. The van der Waals surface area contributed by atoms with Crippen LogP contribution in [0.1, 0.15) is 37.0 Å². The molecule has 0 atom stereocenters. The molecule has 0 aliphatic heterocycles. The summed E-state index contributed by atoms with van der Waals surface area (Å²) in [5.74, 6) is -0.301. The molecule has 1 aromatic rings. The molecule has 0 aliphatic rings. The van der Waals surface area contributed by atoms with E-state index in [2.05, 4.69) is 19.6 Å². The van der Waals surface area contributed by atoms with Gasteiger partial charge in [0.2, 0.25) is 0 Å². The zero-order valence-corrected chi connectivity index (χ0v) is 12.0. The highest BCUT2D eigenvalue weighted by atomic mass is 17.5. The van der Waals surface area contributed by atoms with Gasteiger partial charge in [-0.25, -0.2) is 14.5 Å². The van der Waals surface area contributed by atoms with Gasteiger partial charge in [0.1, 0.15) is 5.75 Å². The number of ether oxygens (including phenoxy) is 2. The quantitative estimate of drug-likeness (QED) is 0.316. The molecule has 0 saturated heterocycles. The van der Waals surface area contributed by atoms with Crippen LogP contribution in [0.4, 0.5) is 4.79 Å². The van der Waals surface area contributed by atoms with E-state index in [-0.39, 0.29) is 12.2 Å². The number of hydrogen-bond donors (Lipinski definition) is 0. The van der Waals surface area contributed by atoms with E-state index in [1.54, 1.807) is 12.1 Å². The fourth-order valence-corrected chi connectivity index (χ4v) is 1.33. The monoisotopic (exact) mass is 298 g/mol. The number of benzene rings is 1. The molecule has 0 saturated carbocycles. The number of carbonyl (C=O) groups excluding carboxylic acids is 2. The third-order valence-corrected chi connectivity index (χ3v) is 2.31. The van der Waals surface area contributed by atoms with Crippen molar-refractivity contribution in [3.63, 3.8) is 0 Å². The first-order valence-electron chi connectivity index (χ1n) is 6.62. The maximum absolute atomic E-state index is 11.6. The summed E-state index contributed by atoms with van der Waals surface area (Å²) in [7, 11) is 0. The second kappa shape index (κ2) is 9.60. The fourth-order valence-electron chi connectivity index (χ4n) is 1.33. The molecule has 0 aliphatic carbocycles. The summed E-state index contributed by atoms with van der Waals surface area (Å²) < 4.78 is 9.86. The minimum Gasteiger partial charge on any atom is -0.494 e. The van der Waals surface area contributed by atoms with Crippen LogP contribution in [-0.2, 0) is 19.6 Å². The smallest absolute Gasteiger partial charge is 0.494 e. The molecule has 0 N–H and O–H groups in total. The summed E-state index contributed by atoms with van der Waals surface area (Å²) in [6, 6.07) is 6.31. The number of carbonyl (C=O) groups is 2. The van der Waals surface area contributed by atoms with Gasteiger partial charge in [-0.1, -0.05) is 19.4 Å². The molecule has 7 heteroatoms. The van der Waals surface area contributed by atoms with E-state index >= 15 is 0 Å². The maximum Gasteiger partial charge on any atom is 0.543 e. The van der Waals surface area contributed by atoms with Gasteiger partial charge in [-0.05, 0) is 31.5 Å². The van der Waals surface area contributed by atoms with Crippen LogP contribution in [0.2, 0.25) is 0 Å². The van der Waals surface area contributed by atoms with Crippen molar-refractivity contribution in [1.29, 1.82) is 0 Å². The second-order valence-electron chi connectivity index (χ2n) is 3.94. The summed E-state index contributed by atoms with van der Waals surface area (Å²) in [6.07, 6.45) is 0.512. The molecule has 1 rings (SSSR count). The molecule has 0 aromatic heterocycles. The minimum atomic E-state index is -1.07. The zero-order valence-electron chi connectivity index (χ0n) is 12.0. The van der Waals surface area contributed by atoms with E-state index in [0.29, 0.717) is 18.8 Å². The lowest BCUT2D eigenvalue weighted by molar-refractivity contribution is -0.452. The second-order valence-corrected chi connectivity index (χ2v) is 3.94. The standard InChI is InChI=1S/C14H18O7/c1-3-5-9-18-14(16)20-21-19-13(15)11-7-6-8-12(10-11)17-4-2/h6-8,10H,3-5,9H2,1-2H3. The molecular weight excluding hydrogens is 280 g/mol. The van der Waals surface area contributed by atoms with Gasteiger partial charge in [0.15, 0.2) is 0 Å². The van der Waals surface area contributed by atoms with Crippen molar-refractivity contribution < 1.29 is 33.9 Å². The SMILES string of the molecule is CCCCOC(=O)OOOC(=O)c1cccc(OCC)c1. The Morgan fingerprint density at radius 2 is 1.95 bits per heavy atom. The Balaban J connectivity index is 2.33. The van der Waals surface area contributed by atoms with E-state index in [1.165, 1.54) is 12.1 Å². The molecule has 0 unspecified atom stereocenters. The normalized spacial score (nSPS) is 9.81. The molecular formula is C14H18O7. The summed E-state index contributed by atoms with van der Waals surface area (Å²) in [5.41, 5.74) is 0.198. The van der Waals surface area contributed by atoms with Crippen molar-refractivity contribution >= 4 is 12.1 Å². The topological polar surface area (TPSA) is 80.3 Å². The van der Waals surface area contributed by atoms with Gasteiger partial charge in [-0.3, -0.25) is 4.89 Å². The summed E-state index contributed by atoms with van der Waals surface area (Å²) in [6.45, 7) is 4.46. The van der Waals surface area contributed by atoms with Crippen LogP contribution in [0.5, 0.6) is 5.75 Å². The van der Waals surface area contributed by atoms with Crippen LogP contribution in [0, 0.1) is 0 Å². The molecule has 0 spiro atoms. The van der Waals surface area contributed by atoms with E-state index in [1.807, 2.05) is 13.8 Å². The molecule has 21 heavy (non-hydrogen) atoms. The Labute approximate surface area is 122 Å². The largest absolute Gasteiger partial charge is 0.543 e. The maximum atomic E-state index is 11.6. The van der Waals surface area contributed by atoms with Crippen LogP contribution in [0.3, 0.4) is 0 Å². The van der Waals surface area contributed by atoms with Crippen molar-refractivity contribution in [2.75, 3.05) is 13.2 Å². The van der Waals surface area contributed by atoms with E-state index < -0.39 is 12.1 Å². The van der Waals surface area contributed by atoms with Crippen LogP contribution in [0.25, 0.3) is 0 Å². The predicted molar refractivity (Wildman–Crippen MR) is 71.5 cm³/mol. The van der Waals surface area contributed by atoms with Gasteiger partial charge < -0.3 is 9.47 Å². The van der Waals surface area contributed by atoms with Crippen molar-refractivity contribution in [3.8, 4) is 5.75 Å². The summed E-state index contributed by atoms with van der Waals surface area (Å²) in [4.78, 5) is 31.0. The molecule has 116 valence electrons. The van der Waals surface area contributed by atoms with Crippen molar-refractivity contribution in [2.45, 2.75) is 26.7 Å². The molecule has 7 nitrogen and oxygen atoms in total. The minimum absolute atomic E-state index is 0.198. The highest BCUT2D eigenvalue weighted by Crippen LogP contribution is 2.14. The van der Waals surface area contributed by atoms with E-state index in [0.717, 1.165) is 6.42 Å². The Bertz CT molecular complexity index is 458. The van der Waals surface area contributed by atoms with E-state index in [4.69, 9.17) is 4.74 Å². The highest BCUT2D eigenvalue weighted by Gasteiger charge is 2.12. The first-order valence-corrected chi connectivity index (χ1v) is 6.62. The van der Waals surface area contributed by atoms with Crippen molar-refractivity contribution in [1.82, 2.24) is 0 Å². The molecule has 0 radical (unpaired) electrons.